The summed E-state index contributed by atoms with van der Waals surface area (Å²) < 4.78 is 8.05. The number of ether oxygens (including phenoxy) is 1. The fraction of sp³-hybridized carbons (Fsp3) is 0.375. The van der Waals surface area contributed by atoms with E-state index < -0.39 is 22.8 Å². The molecule has 1 aliphatic rings. The van der Waals surface area contributed by atoms with Crippen molar-refractivity contribution in [2.24, 2.45) is 0 Å². The number of carbonyl (C=O) groups is 1. The van der Waals surface area contributed by atoms with Gasteiger partial charge in [0.2, 0.25) is 0 Å². The summed E-state index contributed by atoms with van der Waals surface area (Å²) in [6.07, 6.45) is 1.83. The SMILES string of the molecule is CCn1c(COc2ccc(CN(C)C)cc2)nc2c1CCCc1c-2[nH]c(=O)c(C(=O)O)c1O. The third kappa shape index (κ3) is 4.36. The molecule has 9 heteroatoms. The van der Waals surface area contributed by atoms with Crippen molar-refractivity contribution >= 4 is 5.97 Å². The molecule has 0 fully saturated rings. The smallest absolute Gasteiger partial charge is 0.345 e. The molecule has 0 atom stereocenters. The predicted molar refractivity (Wildman–Crippen MR) is 123 cm³/mol. The standard InChI is InChI=1S/C24H28N4O5/c1-4-28-17-7-5-6-16-20(26-23(30)19(22(16)29)24(31)32)21(17)25-18(28)13-33-15-10-8-14(9-11-15)12-27(2)3/h8-11H,4-7,12-13H2,1-3H3,(H,31,32)(H2,26,29,30). The Bertz CT molecular complexity index is 1240. The maximum Gasteiger partial charge on any atom is 0.345 e. The molecule has 0 amide bonds. The number of hydrogen-bond acceptors (Lipinski definition) is 6. The minimum atomic E-state index is -1.45. The number of benzene rings is 1. The topological polar surface area (TPSA) is 121 Å². The molecule has 2 heterocycles. The lowest BCUT2D eigenvalue weighted by Gasteiger charge is -2.12. The van der Waals surface area contributed by atoms with Gasteiger partial charge >= 0.3 is 5.97 Å². The van der Waals surface area contributed by atoms with Crippen LogP contribution in [0, 0.1) is 0 Å². The second-order valence-electron chi connectivity index (χ2n) is 8.43. The van der Waals surface area contributed by atoms with Crippen LogP contribution in [-0.2, 0) is 32.5 Å². The zero-order valence-electron chi connectivity index (χ0n) is 19.0. The minimum Gasteiger partial charge on any atom is -0.506 e. The molecule has 1 aliphatic carbocycles. The summed E-state index contributed by atoms with van der Waals surface area (Å²) in [6.45, 7) is 3.77. The molecule has 0 saturated carbocycles. The van der Waals surface area contributed by atoms with E-state index in [-0.39, 0.29) is 6.61 Å². The van der Waals surface area contributed by atoms with Crippen molar-refractivity contribution in [2.75, 3.05) is 14.1 Å². The van der Waals surface area contributed by atoms with Crippen LogP contribution in [0.3, 0.4) is 0 Å². The van der Waals surface area contributed by atoms with Crippen molar-refractivity contribution in [3.8, 4) is 22.9 Å². The van der Waals surface area contributed by atoms with Gasteiger partial charge in [0.25, 0.3) is 5.56 Å². The third-order valence-corrected chi connectivity index (χ3v) is 5.84. The van der Waals surface area contributed by atoms with Crippen LogP contribution in [0.2, 0.25) is 0 Å². The lowest BCUT2D eigenvalue weighted by molar-refractivity contribution is 0.0691. The first-order chi connectivity index (χ1) is 15.8. The summed E-state index contributed by atoms with van der Waals surface area (Å²) in [7, 11) is 4.04. The van der Waals surface area contributed by atoms with Crippen molar-refractivity contribution < 1.29 is 19.7 Å². The molecular formula is C24H28N4O5. The Morgan fingerprint density at radius 1 is 1.24 bits per heavy atom. The highest BCUT2D eigenvalue weighted by atomic mass is 16.5. The molecule has 33 heavy (non-hydrogen) atoms. The molecule has 2 aromatic heterocycles. The van der Waals surface area contributed by atoms with E-state index in [0.29, 0.717) is 48.6 Å². The van der Waals surface area contributed by atoms with E-state index in [4.69, 9.17) is 9.72 Å². The molecule has 0 aliphatic heterocycles. The molecule has 4 rings (SSSR count). The Labute approximate surface area is 191 Å². The zero-order valence-corrected chi connectivity index (χ0v) is 19.0. The van der Waals surface area contributed by atoms with E-state index in [0.717, 1.165) is 18.0 Å². The van der Waals surface area contributed by atoms with Gasteiger partial charge in [-0.05, 0) is 58.0 Å². The van der Waals surface area contributed by atoms with Gasteiger partial charge in [-0.25, -0.2) is 9.78 Å². The number of H-pyrrole nitrogens is 1. The molecular weight excluding hydrogens is 424 g/mol. The predicted octanol–water partition coefficient (Wildman–Crippen LogP) is 2.79. The van der Waals surface area contributed by atoms with Crippen LogP contribution in [0.4, 0.5) is 0 Å². The molecule has 0 radical (unpaired) electrons. The van der Waals surface area contributed by atoms with E-state index in [1.54, 1.807) is 0 Å². The Morgan fingerprint density at radius 2 is 1.97 bits per heavy atom. The fourth-order valence-corrected chi connectivity index (χ4v) is 4.38. The van der Waals surface area contributed by atoms with Gasteiger partial charge < -0.3 is 29.4 Å². The van der Waals surface area contributed by atoms with Crippen molar-refractivity contribution in [2.45, 2.75) is 45.9 Å². The summed E-state index contributed by atoms with van der Waals surface area (Å²) in [4.78, 5) is 33.3. The maximum absolute atomic E-state index is 12.4. The second kappa shape index (κ2) is 9.11. The number of aromatic hydroxyl groups is 1. The van der Waals surface area contributed by atoms with E-state index in [2.05, 4.69) is 14.5 Å². The van der Waals surface area contributed by atoms with Crippen molar-refractivity contribution in [3.05, 3.63) is 62.8 Å². The summed E-state index contributed by atoms with van der Waals surface area (Å²) in [5.41, 5.74) is 2.02. The van der Waals surface area contributed by atoms with Crippen LogP contribution in [0.25, 0.3) is 11.4 Å². The van der Waals surface area contributed by atoms with Crippen molar-refractivity contribution in [1.82, 2.24) is 19.4 Å². The van der Waals surface area contributed by atoms with Gasteiger partial charge in [0, 0.05) is 24.3 Å². The lowest BCUT2D eigenvalue weighted by atomic mass is 10.0. The zero-order chi connectivity index (χ0) is 23.7. The minimum absolute atomic E-state index is 0.243. The van der Waals surface area contributed by atoms with Crippen LogP contribution in [0.5, 0.6) is 11.5 Å². The summed E-state index contributed by atoms with van der Waals surface area (Å²) >= 11 is 0. The Morgan fingerprint density at radius 3 is 2.61 bits per heavy atom. The third-order valence-electron chi connectivity index (χ3n) is 5.84. The number of hydrogen-bond donors (Lipinski definition) is 3. The highest BCUT2D eigenvalue weighted by Gasteiger charge is 2.29. The summed E-state index contributed by atoms with van der Waals surface area (Å²) in [6, 6.07) is 7.92. The van der Waals surface area contributed by atoms with Gasteiger partial charge in [-0.3, -0.25) is 4.79 Å². The largest absolute Gasteiger partial charge is 0.506 e. The van der Waals surface area contributed by atoms with Crippen molar-refractivity contribution in [1.29, 1.82) is 0 Å². The first kappa shape index (κ1) is 22.6. The van der Waals surface area contributed by atoms with Gasteiger partial charge in [-0.1, -0.05) is 12.1 Å². The molecule has 0 bridgehead atoms. The number of carboxylic acids is 1. The van der Waals surface area contributed by atoms with Crippen LogP contribution < -0.4 is 10.3 Å². The molecule has 9 nitrogen and oxygen atoms in total. The van der Waals surface area contributed by atoms with Crippen molar-refractivity contribution in [3.63, 3.8) is 0 Å². The molecule has 3 aromatic rings. The number of pyridine rings is 1. The Hall–Kier alpha value is -3.59. The van der Waals surface area contributed by atoms with E-state index in [9.17, 15) is 19.8 Å². The highest BCUT2D eigenvalue weighted by Crippen LogP contribution is 2.36. The normalized spacial score (nSPS) is 12.8. The Kier molecular flexibility index (Phi) is 6.24. The number of nitrogens with one attached hydrogen (secondary N) is 1. The quantitative estimate of drug-likeness (QED) is 0.504. The average Bonchev–Trinajstić information content (AvgIpc) is 3.01. The lowest BCUT2D eigenvalue weighted by Crippen LogP contribution is -2.20. The van der Waals surface area contributed by atoms with Gasteiger partial charge in [0.05, 0.1) is 5.69 Å². The van der Waals surface area contributed by atoms with E-state index >= 15 is 0 Å². The number of nitrogens with zero attached hydrogens (tertiary/aromatic N) is 3. The second-order valence-corrected chi connectivity index (χ2v) is 8.43. The van der Waals surface area contributed by atoms with Crippen LogP contribution in [0.1, 0.15) is 46.3 Å². The number of carboxylic acid groups (broad SMARTS) is 1. The van der Waals surface area contributed by atoms with Gasteiger partial charge in [-0.2, -0.15) is 0 Å². The first-order valence-corrected chi connectivity index (χ1v) is 11.0. The molecule has 1 aromatic carbocycles. The summed E-state index contributed by atoms with van der Waals surface area (Å²) in [5.74, 6) is -0.493. The van der Waals surface area contributed by atoms with E-state index in [1.807, 2.05) is 45.3 Å². The number of aromatic carboxylic acids is 1. The molecule has 0 unspecified atom stereocenters. The highest BCUT2D eigenvalue weighted by molar-refractivity contribution is 5.92. The number of aromatic amines is 1. The van der Waals surface area contributed by atoms with Crippen LogP contribution in [0.15, 0.2) is 29.1 Å². The van der Waals surface area contributed by atoms with Gasteiger partial charge in [0.1, 0.15) is 29.6 Å². The van der Waals surface area contributed by atoms with Gasteiger partial charge in [-0.15, -0.1) is 0 Å². The van der Waals surface area contributed by atoms with E-state index in [1.165, 1.54) is 5.56 Å². The number of rotatable bonds is 7. The maximum atomic E-state index is 12.4. The molecule has 0 saturated heterocycles. The van der Waals surface area contributed by atoms with Crippen LogP contribution in [-0.4, -0.2) is 49.7 Å². The molecule has 3 N–H and O–H groups in total. The number of imidazole rings is 1. The molecule has 174 valence electrons. The molecule has 0 spiro atoms. The monoisotopic (exact) mass is 452 g/mol. The first-order valence-electron chi connectivity index (χ1n) is 11.0. The Balaban J connectivity index is 1.67. The number of aromatic nitrogens is 3. The number of fused-ring (bicyclic) bond motifs is 3. The van der Waals surface area contributed by atoms with Gasteiger partial charge in [0.15, 0.2) is 5.56 Å². The summed E-state index contributed by atoms with van der Waals surface area (Å²) in [5, 5.41) is 19.9. The van der Waals surface area contributed by atoms with Crippen LogP contribution >= 0.6 is 0 Å². The average molecular weight is 453 g/mol. The fourth-order valence-electron chi connectivity index (χ4n) is 4.38.